The van der Waals surface area contributed by atoms with Gasteiger partial charge in [0.25, 0.3) is 0 Å². The second kappa shape index (κ2) is 18.3. The smallest absolute Gasteiger partial charge is 0.0717 e. The van der Waals surface area contributed by atoms with Gasteiger partial charge in [-0.2, -0.15) is 0 Å². The van der Waals surface area contributed by atoms with Gasteiger partial charge in [-0.05, 0) is 158 Å². The van der Waals surface area contributed by atoms with Gasteiger partial charge in [-0.3, -0.25) is 0 Å². The maximum atomic E-state index is 2.54. The third-order valence-corrected chi connectivity index (χ3v) is 17.1. The summed E-state index contributed by atoms with van der Waals surface area (Å²) in [7, 11) is 0. The van der Waals surface area contributed by atoms with Crippen molar-refractivity contribution < 1.29 is 0 Å². The Bertz CT molecular complexity index is 3780. The number of nitrogens with zero attached hydrogens (tertiary/aromatic N) is 1. The molecule has 1 nitrogen and oxygen atoms in total. The van der Waals surface area contributed by atoms with E-state index in [4.69, 9.17) is 0 Å². The van der Waals surface area contributed by atoms with Crippen molar-refractivity contribution in [2.24, 2.45) is 0 Å². The topological polar surface area (TPSA) is 3.24 Å². The Hall–Kier alpha value is -8.00. The van der Waals surface area contributed by atoms with E-state index in [2.05, 4.69) is 312 Å². The average molecular weight is 998 g/mol. The second-order valence-electron chi connectivity index (χ2n) is 25.4. The lowest BCUT2D eigenvalue weighted by atomic mass is 9.64. The Balaban J connectivity index is 1.09. The molecule has 0 fully saturated rings. The summed E-state index contributed by atoms with van der Waals surface area (Å²) in [5.41, 5.74) is 27.0. The first-order valence-corrected chi connectivity index (χ1v) is 27.7. The zero-order valence-corrected chi connectivity index (χ0v) is 46.9. The molecular formula is C76H71N. The van der Waals surface area contributed by atoms with Crippen molar-refractivity contribution in [3.05, 3.63) is 281 Å². The maximum Gasteiger partial charge on any atom is 0.0717 e. The van der Waals surface area contributed by atoms with Gasteiger partial charge in [-0.1, -0.05) is 270 Å². The molecule has 0 heterocycles. The van der Waals surface area contributed by atoms with E-state index in [0.29, 0.717) is 0 Å². The van der Waals surface area contributed by atoms with Gasteiger partial charge in [-0.15, -0.1) is 0 Å². The molecule has 2 aliphatic carbocycles. The first-order chi connectivity index (χ1) is 36.8. The largest absolute Gasteiger partial charge is 0.310 e. The molecule has 0 amide bonds. The van der Waals surface area contributed by atoms with E-state index < -0.39 is 5.41 Å². The van der Waals surface area contributed by atoms with E-state index in [1.54, 1.807) is 0 Å². The Morgan fingerprint density at radius 2 is 0.714 bits per heavy atom. The third-order valence-electron chi connectivity index (χ3n) is 17.1. The predicted molar refractivity (Wildman–Crippen MR) is 328 cm³/mol. The minimum atomic E-state index is -0.660. The van der Waals surface area contributed by atoms with Crippen molar-refractivity contribution in [3.8, 4) is 55.6 Å². The Morgan fingerprint density at radius 3 is 1.22 bits per heavy atom. The molecule has 0 radical (unpaired) electrons. The fourth-order valence-corrected chi connectivity index (χ4v) is 12.9. The van der Waals surface area contributed by atoms with Crippen LogP contribution in [0.15, 0.2) is 231 Å². The Kier molecular flexibility index (Phi) is 11.9. The molecule has 0 aromatic heterocycles. The highest BCUT2D eigenvalue weighted by molar-refractivity contribution is 5.98. The zero-order chi connectivity index (χ0) is 53.6. The molecule has 10 aromatic rings. The van der Waals surface area contributed by atoms with E-state index in [0.717, 1.165) is 17.1 Å². The fourth-order valence-electron chi connectivity index (χ4n) is 12.9. The minimum Gasteiger partial charge on any atom is -0.310 e. The molecule has 0 saturated carbocycles. The fraction of sp³-hybridized carbons (Fsp3) is 0.211. The number of rotatable bonds is 8. The molecule has 0 bridgehead atoms. The van der Waals surface area contributed by atoms with Crippen LogP contribution in [0, 0.1) is 0 Å². The van der Waals surface area contributed by atoms with Crippen molar-refractivity contribution in [3.63, 3.8) is 0 Å². The van der Waals surface area contributed by atoms with E-state index >= 15 is 0 Å². The highest BCUT2D eigenvalue weighted by Gasteiger charge is 2.50. The summed E-state index contributed by atoms with van der Waals surface area (Å²) in [5, 5.41) is 0. The molecule has 0 saturated heterocycles. The molecule has 0 atom stereocenters. The molecule has 2 aliphatic rings. The second-order valence-corrected chi connectivity index (χ2v) is 25.4. The molecule has 77 heavy (non-hydrogen) atoms. The number of fused-ring (bicyclic) bond motifs is 6. The van der Waals surface area contributed by atoms with Crippen LogP contribution < -0.4 is 4.90 Å². The van der Waals surface area contributed by atoms with Gasteiger partial charge in [0.05, 0.1) is 5.41 Å². The first-order valence-electron chi connectivity index (χ1n) is 27.7. The summed E-state index contributed by atoms with van der Waals surface area (Å²) in [6, 6.07) is 87.8. The molecule has 380 valence electrons. The summed E-state index contributed by atoms with van der Waals surface area (Å²) in [6.45, 7) is 25.6. The zero-order valence-electron chi connectivity index (χ0n) is 46.9. The minimum absolute atomic E-state index is 0.0891. The van der Waals surface area contributed by atoms with E-state index in [1.165, 1.54) is 106 Å². The van der Waals surface area contributed by atoms with E-state index in [9.17, 15) is 0 Å². The predicted octanol–water partition coefficient (Wildman–Crippen LogP) is 20.7. The van der Waals surface area contributed by atoms with Gasteiger partial charge in [0.1, 0.15) is 0 Å². The van der Waals surface area contributed by atoms with Gasteiger partial charge in [-0.25, -0.2) is 0 Å². The first kappa shape index (κ1) is 49.9. The summed E-state index contributed by atoms with van der Waals surface area (Å²) >= 11 is 0. The van der Waals surface area contributed by atoms with Crippen molar-refractivity contribution in [2.75, 3.05) is 4.90 Å². The van der Waals surface area contributed by atoms with Gasteiger partial charge in [0.2, 0.25) is 0 Å². The Labute approximate surface area is 459 Å². The van der Waals surface area contributed by atoms with E-state index in [1.807, 2.05) is 0 Å². The highest BCUT2D eigenvalue weighted by atomic mass is 15.1. The summed E-state index contributed by atoms with van der Waals surface area (Å²) < 4.78 is 0. The van der Waals surface area contributed by atoms with Crippen LogP contribution in [-0.4, -0.2) is 0 Å². The molecule has 0 aliphatic heterocycles. The quantitative estimate of drug-likeness (QED) is 0.147. The van der Waals surface area contributed by atoms with Gasteiger partial charge in [0, 0.05) is 22.5 Å². The van der Waals surface area contributed by atoms with Crippen LogP contribution in [0.3, 0.4) is 0 Å². The highest BCUT2D eigenvalue weighted by Crippen LogP contribution is 2.62. The molecular weight excluding hydrogens is 927 g/mol. The van der Waals surface area contributed by atoms with Crippen LogP contribution >= 0.6 is 0 Å². The molecule has 0 N–H and O–H groups in total. The molecule has 10 aromatic carbocycles. The van der Waals surface area contributed by atoms with Gasteiger partial charge < -0.3 is 4.90 Å². The van der Waals surface area contributed by atoms with Crippen molar-refractivity contribution in [1.29, 1.82) is 0 Å². The monoisotopic (exact) mass is 998 g/mol. The average Bonchev–Trinajstić information content (AvgIpc) is 3.75. The number of hydrogen-bond acceptors (Lipinski definition) is 1. The Morgan fingerprint density at radius 1 is 0.312 bits per heavy atom. The van der Waals surface area contributed by atoms with Crippen molar-refractivity contribution >= 4 is 17.1 Å². The molecule has 1 heteroatoms. The van der Waals surface area contributed by atoms with E-state index in [-0.39, 0.29) is 21.7 Å². The number of hydrogen-bond donors (Lipinski definition) is 0. The van der Waals surface area contributed by atoms with Gasteiger partial charge >= 0.3 is 0 Å². The van der Waals surface area contributed by atoms with Crippen LogP contribution in [0.1, 0.15) is 126 Å². The van der Waals surface area contributed by atoms with Crippen LogP contribution in [0.5, 0.6) is 0 Å². The number of anilines is 3. The lowest BCUT2D eigenvalue weighted by molar-refractivity contribution is 0.572. The summed E-state index contributed by atoms with van der Waals surface area (Å²) in [6.07, 6.45) is 0. The lowest BCUT2D eigenvalue weighted by Gasteiger charge is -2.38. The summed E-state index contributed by atoms with van der Waals surface area (Å²) in [4.78, 5) is 2.51. The standard InChI is InChI=1S/C76H71N/c1-72(2,3)55-36-30-51(31-37-55)50-26-28-54(29-27-50)62-46-47-67(74(7,8)9)71-70(62)65-45-43-61(49-69(65)76(71,57-20-14-12-15-21-57)58-22-16-13-17-23-58)77(59-40-34-53(35-41-59)52-32-38-56(39-33-52)73(4,5)6)60-42-44-64-63-24-18-19-25-66(63)75(10,11)68(64)48-60/h12-49H,1-11H3. The van der Waals surface area contributed by atoms with Crippen LogP contribution in [0.4, 0.5) is 17.1 Å². The molecule has 0 unspecified atom stereocenters. The third kappa shape index (κ3) is 8.38. The molecule has 0 spiro atoms. The maximum absolute atomic E-state index is 2.54. The van der Waals surface area contributed by atoms with Crippen LogP contribution in [0.25, 0.3) is 55.6 Å². The van der Waals surface area contributed by atoms with Gasteiger partial charge in [0.15, 0.2) is 0 Å². The van der Waals surface area contributed by atoms with Crippen LogP contribution in [-0.2, 0) is 27.1 Å². The normalized spacial score (nSPS) is 14.1. The van der Waals surface area contributed by atoms with Crippen molar-refractivity contribution in [2.45, 2.75) is 103 Å². The lowest BCUT2D eigenvalue weighted by Crippen LogP contribution is -2.32. The SMILES string of the molecule is CC(C)(C)c1ccc(-c2ccc(-c3ccc(C(C)(C)C)c4c3-c3ccc(N(c5ccc(-c6ccc(C(C)(C)C)cc6)cc5)c5ccc6c(c5)C(C)(C)c5ccccc5-6)cc3C4(c3ccccc3)c3ccccc3)cc2)cc1. The van der Waals surface area contributed by atoms with Crippen molar-refractivity contribution in [1.82, 2.24) is 0 Å². The van der Waals surface area contributed by atoms with Crippen LogP contribution in [0.2, 0.25) is 0 Å². The number of benzene rings is 10. The summed E-state index contributed by atoms with van der Waals surface area (Å²) in [5.74, 6) is 0. The molecule has 12 rings (SSSR count).